The van der Waals surface area contributed by atoms with Crippen LogP contribution >= 0.6 is 11.8 Å². The predicted octanol–water partition coefficient (Wildman–Crippen LogP) is 3.92. The quantitative estimate of drug-likeness (QED) is 0.693. The lowest BCUT2D eigenvalue weighted by atomic mass is 10.0. The van der Waals surface area contributed by atoms with Gasteiger partial charge in [0.1, 0.15) is 6.04 Å². The number of thioether (sulfide) groups is 1. The minimum Gasteiger partial charge on any atom is -0.345 e. The number of fused-ring (bicyclic) bond motifs is 1. The van der Waals surface area contributed by atoms with Gasteiger partial charge < -0.3 is 9.47 Å². The van der Waals surface area contributed by atoms with Gasteiger partial charge in [0.2, 0.25) is 0 Å². The molecule has 1 fully saturated rings. The van der Waals surface area contributed by atoms with E-state index in [1.54, 1.807) is 0 Å². The van der Waals surface area contributed by atoms with Gasteiger partial charge in [0.25, 0.3) is 0 Å². The van der Waals surface area contributed by atoms with Gasteiger partial charge in [0.05, 0.1) is 11.7 Å². The summed E-state index contributed by atoms with van der Waals surface area (Å²) in [5.41, 5.74) is 3.52. The molecule has 3 atom stereocenters. The van der Waals surface area contributed by atoms with Gasteiger partial charge in [-0.25, -0.2) is 0 Å². The van der Waals surface area contributed by atoms with E-state index >= 15 is 0 Å². The Kier molecular flexibility index (Phi) is 4.20. The molecule has 6 heteroatoms. The van der Waals surface area contributed by atoms with Crippen molar-refractivity contribution in [2.75, 3.05) is 6.54 Å². The van der Waals surface area contributed by atoms with E-state index in [2.05, 4.69) is 56.8 Å². The molecule has 2 aliphatic rings. The maximum atomic E-state index is 5.07. The summed E-state index contributed by atoms with van der Waals surface area (Å²) in [6, 6.07) is 14.8. The van der Waals surface area contributed by atoms with Crippen LogP contribution in [0.2, 0.25) is 0 Å². The van der Waals surface area contributed by atoms with E-state index in [4.69, 9.17) is 4.99 Å². The van der Waals surface area contributed by atoms with Crippen molar-refractivity contribution >= 4 is 16.9 Å². The smallest absolute Gasteiger partial charge is 0.160 e. The van der Waals surface area contributed by atoms with Crippen molar-refractivity contribution < 1.29 is 0 Å². The molecule has 0 saturated carbocycles. The standard InChI is InChI=1S/C21H21N5S/c1-15-13-26-20(19(24-21(26)27-15)17-7-2-3-10-23-17)18-8-5-11-25(18)14-16-6-4-9-22-12-16/h2-12,15,19-20H,13-14H2,1H3/t15-,19+,20+/m1/s1. The highest BCUT2D eigenvalue weighted by Crippen LogP contribution is 2.47. The number of hydrogen-bond donors (Lipinski definition) is 0. The molecule has 2 aliphatic heterocycles. The molecule has 0 aliphatic carbocycles. The largest absolute Gasteiger partial charge is 0.345 e. The van der Waals surface area contributed by atoms with E-state index in [1.165, 1.54) is 11.3 Å². The topological polar surface area (TPSA) is 46.3 Å². The molecule has 0 amide bonds. The average Bonchev–Trinajstić information content (AvgIpc) is 3.37. The predicted molar refractivity (Wildman–Crippen MR) is 109 cm³/mol. The average molecular weight is 376 g/mol. The van der Waals surface area contributed by atoms with Gasteiger partial charge in [0, 0.05) is 48.8 Å². The Hall–Kier alpha value is -2.60. The Bertz CT molecular complexity index is 953. The third kappa shape index (κ3) is 3.04. The maximum absolute atomic E-state index is 5.07. The van der Waals surface area contributed by atoms with Crippen molar-refractivity contribution in [2.24, 2.45) is 4.99 Å². The van der Waals surface area contributed by atoms with Gasteiger partial charge >= 0.3 is 0 Å². The first-order chi connectivity index (χ1) is 13.3. The molecule has 5 nitrogen and oxygen atoms in total. The summed E-state index contributed by atoms with van der Waals surface area (Å²) >= 11 is 1.87. The van der Waals surface area contributed by atoms with Crippen LogP contribution in [0.15, 0.2) is 72.2 Å². The van der Waals surface area contributed by atoms with Crippen LogP contribution in [0.5, 0.6) is 0 Å². The van der Waals surface area contributed by atoms with Gasteiger partial charge in [-0.05, 0) is 35.9 Å². The van der Waals surface area contributed by atoms with Crippen LogP contribution in [0, 0.1) is 0 Å². The first kappa shape index (κ1) is 16.6. The summed E-state index contributed by atoms with van der Waals surface area (Å²) in [4.78, 5) is 16.4. The molecule has 0 bridgehead atoms. The number of aliphatic imine (C=N–C) groups is 1. The monoisotopic (exact) mass is 375 g/mol. The minimum absolute atomic E-state index is 0.0312. The molecular formula is C21H21N5S. The lowest BCUT2D eigenvalue weighted by Gasteiger charge is -2.28. The fourth-order valence-corrected chi connectivity index (χ4v) is 5.06. The van der Waals surface area contributed by atoms with Crippen LogP contribution in [-0.2, 0) is 6.54 Å². The third-order valence-corrected chi connectivity index (χ3v) is 6.23. The lowest BCUT2D eigenvalue weighted by Crippen LogP contribution is -2.30. The number of pyridine rings is 2. The Morgan fingerprint density at radius 1 is 1.11 bits per heavy atom. The molecule has 0 spiro atoms. The number of hydrogen-bond acceptors (Lipinski definition) is 5. The van der Waals surface area contributed by atoms with Gasteiger partial charge in [0.15, 0.2) is 5.17 Å². The second-order valence-corrected chi connectivity index (χ2v) is 8.46. The highest BCUT2D eigenvalue weighted by molar-refractivity contribution is 8.14. The zero-order chi connectivity index (χ0) is 18.2. The molecule has 0 aromatic carbocycles. The van der Waals surface area contributed by atoms with Crippen LogP contribution < -0.4 is 0 Å². The lowest BCUT2D eigenvalue weighted by molar-refractivity contribution is 0.308. The molecule has 1 saturated heterocycles. The van der Waals surface area contributed by atoms with Gasteiger partial charge in [-0.2, -0.15) is 0 Å². The Labute approximate surface area is 163 Å². The first-order valence-corrected chi connectivity index (χ1v) is 10.1. The number of nitrogens with zero attached hydrogens (tertiary/aromatic N) is 5. The molecule has 5 heterocycles. The Morgan fingerprint density at radius 2 is 2.07 bits per heavy atom. The molecule has 136 valence electrons. The molecular weight excluding hydrogens is 354 g/mol. The summed E-state index contributed by atoms with van der Waals surface area (Å²) in [6.45, 7) is 4.11. The molecule has 27 heavy (non-hydrogen) atoms. The van der Waals surface area contributed by atoms with E-state index in [0.29, 0.717) is 5.25 Å². The van der Waals surface area contributed by atoms with E-state index in [0.717, 1.165) is 24.0 Å². The minimum atomic E-state index is 0.0312. The molecule has 0 unspecified atom stereocenters. The van der Waals surface area contributed by atoms with Crippen LogP contribution in [0.3, 0.4) is 0 Å². The molecule has 3 aromatic rings. The van der Waals surface area contributed by atoms with E-state index in [9.17, 15) is 0 Å². The van der Waals surface area contributed by atoms with Crippen molar-refractivity contribution in [1.82, 2.24) is 19.4 Å². The van der Waals surface area contributed by atoms with E-state index in [-0.39, 0.29) is 12.1 Å². The SMILES string of the molecule is C[C@@H]1CN2C(=N[C@@H](c3ccccn3)[C@@H]2c2cccn2Cc2cccnc2)S1. The summed E-state index contributed by atoms with van der Waals surface area (Å²) < 4.78 is 2.32. The van der Waals surface area contributed by atoms with Crippen molar-refractivity contribution in [3.05, 3.63) is 84.2 Å². The fourth-order valence-electron chi connectivity index (χ4n) is 3.97. The summed E-state index contributed by atoms with van der Waals surface area (Å²) in [6.07, 6.45) is 7.77. The Morgan fingerprint density at radius 3 is 2.89 bits per heavy atom. The van der Waals surface area contributed by atoms with Crippen LogP contribution in [0.4, 0.5) is 0 Å². The number of aromatic nitrogens is 3. The maximum Gasteiger partial charge on any atom is 0.160 e. The van der Waals surface area contributed by atoms with Crippen LogP contribution in [-0.4, -0.2) is 36.4 Å². The zero-order valence-corrected chi connectivity index (χ0v) is 16.0. The summed E-state index contributed by atoms with van der Waals surface area (Å²) in [5.74, 6) is 0. The van der Waals surface area contributed by atoms with Crippen molar-refractivity contribution in [3.8, 4) is 0 Å². The fraction of sp³-hybridized carbons (Fsp3) is 0.286. The molecule has 0 radical (unpaired) electrons. The third-order valence-electron chi connectivity index (χ3n) is 5.12. The number of amidine groups is 1. The normalized spacial score (nSPS) is 24.1. The summed E-state index contributed by atoms with van der Waals surface area (Å²) in [7, 11) is 0. The number of rotatable bonds is 4. The molecule has 3 aromatic heterocycles. The van der Waals surface area contributed by atoms with E-state index < -0.39 is 0 Å². The van der Waals surface area contributed by atoms with Gasteiger partial charge in [-0.3, -0.25) is 15.0 Å². The van der Waals surface area contributed by atoms with Crippen LogP contribution in [0.25, 0.3) is 0 Å². The van der Waals surface area contributed by atoms with Crippen molar-refractivity contribution in [1.29, 1.82) is 0 Å². The Balaban J connectivity index is 1.53. The second-order valence-electron chi connectivity index (χ2n) is 7.06. The van der Waals surface area contributed by atoms with Gasteiger partial charge in [-0.15, -0.1) is 0 Å². The molecule has 0 N–H and O–H groups in total. The second kappa shape index (κ2) is 6.85. The van der Waals surface area contributed by atoms with Crippen molar-refractivity contribution in [2.45, 2.75) is 30.8 Å². The van der Waals surface area contributed by atoms with E-state index in [1.807, 2.05) is 48.6 Å². The van der Waals surface area contributed by atoms with Gasteiger partial charge in [-0.1, -0.05) is 30.8 Å². The highest BCUT2D eigenvalue weighted by Gasteiger charge is 2.44. The summed E-state index contributed by atoms with van der Waals surface area (Å²) in [5, 5.41) is 1.72. The highest BCUT2D eigenvalue weighted by atomic mass is 32.2. The first-order valence-electron chi connectivity index (χ1n) is 9.25. The van der Waals surface area contributed by atoms with Crippen LogP contribution in [0.1, 0.15) is 36.0 Å². The molecule has 5 rings (SSSR count). The van der Waals surface area contributed by atoms with Crippen molar-refractivity contribution in [3.63, 3.8) is 0 Å². The zero-order valence-electron chi connectivity index (χ0n) is 15.1.